The Hall–Kier alpha value is -1.72. The number of aryl methyl sites for hydroxylation is 1. The summed E-state index contributed by atoms with van der Waals surface area (Å²) in [6.45, 7) is 11.8. The van der Waals surface area contributed by atoms with Crippen LogP contribution in [0.25, 0.3) is 0 Å². The van der Waals surface area contributed by atoms with E-state index in [1.165, 1.54) is 12.8 Å². The van der Waals surface area contributed by atoms with Gasteiger partial charge in [0.25, 0.3) is 0 Å². The first-order chi connectivity index (χ1) is 17.6. The van der Waals surface area contributed by atoms with Gasteiger partial charge in [0, 0.05) is 44.8 Å². The zero-order valence-electron chi connectivity index (χ0n) is 23.2. The fourth-order valence-electron chi connectivity index (χ4n) is 6.11. The number of nitrogens with zero attached hydrogens (tertiary/aromatic N) is 4. The third-order valence-electron chi connectivity index (χ3n) is 8.50. The lowest BCUT2D eigenvalue weighted by Gasteiger charge is -2.42. The molecule has 0 saturated carbocycles. The topological polar surface area (TPSA) is 82.6 Å². The van der Waals surface area contributed by atoms with Crippen LogP contribution in [0.4, 0.5) is 0 Å². The number of methoxy groups -OCH3 is 1. The highest BCUT2D eigenvalue weighted by Gasteiger charge is 2.38. The largest absolute Gasteiger partial charge is 0.496 e. The second kappa shape index (κ2) is 12.0. The average Bonchev–Trinajstić information content (AvgIpc) is 3.36. The van der Waals surface area contributed by atoms with Crippen molar-refractivity contribution in [2.24, 2.45) is 0 Å². The van der Waals surface area contributed by atoms with E-state index in [-0.39, 0.29) is 25.2 Å². The van der Waals surface area contributed by atoms with Gasteiger partial charge < -0.3 is 19.3 Å². The minimum atomic E-state index is -3.69. The van der Waals surface area contributed by atoms with E-state index in [1.807, 2.05) is 25.7 Å². The van der Waals surface area contributed by atoms with E-state index in [2.05, 4.69) is 16.8 Å². The molecule has 3 fully saturated rings. The van der Waals surface area contributed by atoms with Gasteiger partial charge in [-0.3, -0.25) is 9.69 Å². The van der Waals surface area contributed by atoms with Crippen molar-refractivity contribution in [3.8, 4) is 5.75 Å². The van der Waals surface area contributed by atoms with Gasteiger partial charge in [0.15, 0.2) is 0 Å². The van der Waals surface area contributed by atoms with Crippen LogP contribution < -0.4 is 4.74 Å². The summed E-state index contributed by atoms with van der Waals surface area (Å²) in [4.78, 5) is 20.0. The summed E-state index contributed by atoms with van der Waals surface area (Å²) >= 11 is 0. The predicted octanol–water partition coefficient (Wildman–Crippen LogP) is 2.03. The van der Waals surface area contributed by atoms with Gasteiger partial charge in [-0.25, -0.2) is 8.42 Å². The van der Waals surface area contributed by atoms with Gasteiger partial charge in [-0.1, -0.05) is 0 Å². The minimum Gasteiger partial charge on any atom is -0.496 e. The Morgan fingerprint density at radius 2 is 1.65 bits per heavy atom. The third kappa shape index (κ3) is 6.14. The predicted molar refractivity (Wildman–Crippen MR) is 144 cm³/mol. The molecule has 0 spiro atoms. The molecule has 0 radical (unpaired) electrons. The van der Waals surface area contributed by atoms with Gasteiger partial charge in [0.1, 0.15) is 12.4 Å². The van der Waals surface area contributed by atoms with E-state index in [0.717, 1.165) is 63.2 Å². The number of carbonyl (C=O) groups is 1. The summed E-state index contributed by atoms with van der Waals surface area (Å²) in [5.41, 5.74) is 2.24. The molecule has 0 aliphatic carbocycles. The smallest absolute Gasteiger partial charge is 0.248 e. The monoisotopic (exact) mass is 536 g/mol. The average molecular weight is 537 g/mol. The molecule has 0 aromatic heterocycles. The fraction of sp³-hybridized carbons (Fsp3) is 0.741. The molecule has 208 valence electrons. The van der Waals surface area contributed by atoms with Crippen LogP contribution in [0.15, 0.2) is 11.0 Å². The Bertz CT molecular complexity index is 1060. The molecule has 3 heterocycles. The van der Waals surface area contributed by atoms with Crippen molar-refractivity contribution in [2.45, 2.75) is 63.4 Å². The number of carbonyl (C=O) groups excluding carboxylic acids is 1. The lowest BCUT2D eigenvalue weighted by atomic mass is 10.0. The molecule has 3 aliphatic rings. The Morgan fingerprint density at radius 3 is 2.30 bits per heavy atom. The quantitative estimate of drug-likeness (QED) is 0.503. The van der Waals surface area contributed by atoms with Crippen LogP contribution in [0.5, 0.6) is 5.75 Å². The normalized spacial score (nSPS) is 23.1. The van der Waals surface area contributed by atoms with Crippen LogP contribution in [0.1, 0.15) is 42.4 Å². The molecule has 1 amide bonds. The molecular formula is C27H44N4O5S. The molecule has 1 atom stereocenters. The lowest BCUT2D eigenvalue weighted by Crippen LogP contribution is -2.54. The molecule has 1 aromatic carbocycles. The number of piperidine rings is 1. The van der Waals surface area contributed by atoms with Crippen LogP contribution in [0, 0.1) is 20.8 Å². The highest BCUT2D eigenvalue weighted by molar-refractivity contribution is 7.89. The number of likely N-dealkylation sites (tertiary alicyclic amines) is 1. The Labute approximate surface area is 222 Å². The van der Waals surface area contributed by atoms with E-state index in [9.17, 15) is 13.2 Å². The molecule has 1 aromatic rings. The van der Waals surface area contributed by atoms with Crippen molar-refractivity contribution >= 4 is 15.9 Å². The minimum absolute atomic E-state index is 0.00168. The van der Waals surface area contributed by atoms with E-state index in [4.69, 9.17) is 9.47 Å². The van der Waals surface area contributed by atoms with Crippen LogP contribution in [0.2, 0.25) is 0 Å². The van der Waals surface area contributed by atoms with Gasteiger partial charge in [-0.2, -0.15) is 4.31 Å². The molecular weight excluding hydrogens is 492 g/mol. The fourth-order valence-corrected chi connectivity index (χ4v) is 8.28. The molecule has 3 saturated heterocycles. The SMILES string of the molecule is COc1cc(C)c(S(=O)(=O)N2CCCC2COCC(=O)N2CCN(C3CCN(C)CC3)CC2)c(C)c1C. The van der Waals surface area contributed by atoms with Gasteiger partial charge in [-0.05, 0) is 89.3 Å². The maximum atomic E-state index is 13.7. The molecule has 9 nitrogen and oxygen atoms in total. The van der Waals surface area contributed by atoms with Crippen molar-refractivity contribution in [3.63, 3.8) is 0 Å². The molecule has 37 heavy (non-hydrogen) atoms. The number of ether oxygens (including phenoxy) is 2. The third-order valence-corrected chi connectivity index (χ3v) is 10.7. The number of amides is 1. The van der Waals surface area contributed by atoms with Crippen molar-refractivity contribution in [2.75, 3.05) is 73.2 Å². The number of piperazine rings is 1. The number of rotatable bonds is 8. The highest BCUT2D eigenvalue weighted by Crippen LogP contribution is 2.35. The van der Waals surface area contributed by atoms with Gasteiger partial charge in [0.05, 0.1) is 18.6 Å². The number of hydrogen-bond acceptors (Lipinski definition) is 7. The maximum absolute atomic E-state index is 13.7. The molecule has 4 rings (SSSR count). The zero-order valence-corrected chi connectivity index (χ0v) is 24.0. The van der Waals surface area contributed by atoms with Crippen molar-refractivity contribution in [1.29, 1.82) is 0 Å². The van der Waals surface area contributed by atoms with Crippen LogP contribution in [-0.2, 0) is 19.6 Å². The number of sulfonamides is 1. The second-order valence-corrected chi connectivity index (χ2v) is 12.7. The summed E-state index contributed by atoms with van der Waals surface area (Å²) in [6.07, 6.45) is 3.91. The standard InChI is InChI=1S/C27H44N4O5S/c1-20-17-25(35-5)21(2)22(3)27(20)37(33,34)31-10-6-7-24(31)18-36-19-26(32)30-15-13-29(14-16-30)23-8-11-28(4)12-9-23/h17,23-24H,6-16,18-19H2,1-5H3. The number of benzene rings is 1. The van der Waals surface area contributed by atoms with Crippen molar-refractivity contribution in [3.05, 3.63) is 22.8 Å². The first-order valence-electron chi connectivity index (χ1n) is 13.6. The molecule has 3 aliphatic heterocycles. The van der Waals surface area contributed by atoms with Gasteiger partial charge in [-0.15, -0.1) is 0 Å². The summed E-state index contributed by atoms with van der Waals surface area (Å²) in [5.74, 6) is 0.689. The molecule has 0 bridgehead atoms. The highest BCUT2D eigenvalue weighted by atomic mass is 32.2. The van der Waals surface area contributed by atoms with Crippen molar-refractivity contribution in [1.82, 2.24) is 19.0 Å². The van der Waals surface area contributed by atoms with Crippen molar-refractivity contribution < 1.29 is 22.7 Å². The summed E-state index contributed by atoms with van der Waals surface area (Å²) in [7, 11) is 0.0787. The van der Waals surface area contributed by atoms with E-state index >= 15 is 0 Å². The maximum Gasteiger partial charge on any atom is 0.248 e. The lowest BCUT2D eigenvalue weighted by molar-refractivity contribution is -0.138. The second-order valence-electron chi connectivity index (χ2n) is 10.9. The first kappa shape index (κ1) is 28.3. The Morgan fingerprint density at radius 1 is 0.973 bits per heavy atom. The summed E-state index contributed by atoms with van der Waals surface area (Å²) < 4.78 is 40.2. The van der Waals surface area contributed by atoms with Gasteiger partial charge in [0.2, 0.25) is 15.9 Å². The van der Waals surface area contributed by atoms with Gasteiger partial charge >= 0.3 is 0 Å². The van der Waals surface area contributed by atoms with Crippen LogP contribution >= 0.6 is 0 Å². The van der Waals surface area contributed by atoms with Crippen LogP contribution in [-0.4, -0.2) is 119 Å². The summed E-state index contributed by atoms with van der Waals surface area (Å²) in [6, 6.07) is 2.16. The molecule has 10 heteroatoms. The van der Waals surface area contributed by atoms with E-state index in [1.54, 1.807) is 17.5 Å². The molecule has 1 unspecified atom stereocenters. The summed E-state index contributed by atoms with van der Waals surface area (Å²) in [5, 5.41) is 0. The Balaban J connectivity index is 1.30. The van der Waals surface area contributed by atoms with E-state index in [0.29, 0.717) is 28.8 Å². The first-order valence-corrected chi connectivity index (χ1v) is 15.0. The van der Waals surface area contributed by atoms with E-state index < -0.39 is 10.0 Å². The molecule has 0 N–H and O–H groups in total. The van der Waals surface area contributed by atoms with Crippen LogP contribution in [0.3, 0.4) is 0 Å². The zero-order chi connectivity index (χ0) is 26.7. The Kier molecular flexibility index (Phi) is 9.17. The number of hydrogen-bond donors (Lipinski definition) is 0.